The first-order valence-corrected chi connectivity index (χ1v) is 8.27. The van der Waals surface area contributed by atoms with Crippen molar-refractivity contribution in [2.75, 3.05) is 6.54 Å². The Kier molecular flexibility index (Phi) is 4.91. The van der Waals surface area contributed by atoms with Crippen LogP contribution in [0.1, 0.15) is 36.0 Å². The number of aryl methyl sites for hydroxylation is 1. The van der Waals surface area contributed by atoms with Gasteiger partial charge in [0.1, 0.15) is 5.82 Å². The largest absolute Gasteiger partial charge is 0.294 e. The molecule has 2 aromatic heterocycles. The number of pyridine rings is 1. The lowest BCUT2D eigenvalue weighted by Crippen LogP contribution is -2.31. The van der Waals surface area contributed by atoms with Crippen molar-refractivity contribution >= 4 is 23.2 Å². The lowest BCUT2D eigenvalue weighted by atomic mass is 10.1. The zero-order valence-electron chi connectivity index (χ0n) is 12.5. The SMILES string of the molecule is CCCc1ncc2c(n1)CCN(Cc1c(Cl)cncc1Cl)C2. The Labute approximate surface area is 140 Å². The molecule has 0 spiro atoms. The second kappa shape index (κ2) is 6.90. The molecule has 1 aliphatic heterocycles. The number of hydrogen-bond acceptors (Lipinski definition) is 4. The summed E-state index contributed by atoms with van der Waals surface area (Å²) >= 11 is 12.4. The number of aromatic nitrogens is 3. The minimum atomic E-state index is 0.618. The van der Waals surface area contributed by atoms with Crippen molar-refractivity contribution in [2.45, 2.75) is 39.3 Å². The van der Waals surface area contributed by atoms with Crippen molar-refractivity contribution in [3.05, 3.63) is 51.3 Å². The summed E-state index contributed by atoms with van der Waals surface area (Å²) < 4.78 is 0. The van der Waals surface area contributed by atoms with Crippen LogP contribution in [0.2, 0.25) is 10.0 Å². The molecule has 3 rings (SSSR count). The number of nitrogens with zero attached hydrogens (tertiary/aromatic N) is 4. The summed E-state index contributed by atoms with van der Waals surface area (Å²) in [5.41, 5.74) is 3.32. The van der Waals surface area contributed by atoms with Gasteiger partial charge in [-0.25, -0.2) is 9.97 Å². The molecule has 0 atom stereocenters. The topological polar surface area (TPSA) is 41.9 Å². The van der Waals surface area contributed by atoms with Gasteiger partial charge in [0.25, 0.3) is 0 Å². The van der Waals surface area contributed by atoms with Gasteiger partial charge in [-0.1, -0.05) is 30.1 Å². The van der Waals surface area contributed by atoms with Crippen LogP contribution in [0, 0.1) is 0 Å². The molecule has 0 fully saturated rings. The average molecular weight is 337 g/mol. The fraction of sp³-hybridized carbons (Fsp3) is 0.438. The van der Waals surface area contributed by atoms with Gasteiger partial charge in [-0.15, -0.1) is 0 Å². The third kappa shape index (κ3) is 3.40. The Morgan fingerprint density at radius 3 is 2.68 bits per heavy atom. The molecule has 0 unspecified atom stereocenters. The van der Waals surface area contributed by atoms with Gasteiger partial charge in [-0.3, -0.25) is 9.88 Å². The van der Waals surface area contributed by atoms with Crippen LogP contribution in [0.15, 0.2) is 18.6 Å². The third-order valence-corrected chi connectivity index (χ3v) is 4.52. The lowest BCUT2D eigenvalue weighted by molar-refractivity contribution is 0.242. The number of rotatable bonds is 4. The van der Waals surface area contributed by atoms with E-state index in [2.05, 4.69) is 26.8 Å². The summed E-state index contributed by atoms with van der Waals surface area (Å²) in [6, 6.07) is 0. The van der Waals surface area contributed by atoms with E-state index in [-0.39, 0.29) is 0 Å². The van der Waals surface area contributed by atoms with Crippen LogP contribution in [-0.2, 0) is 25.9 Å². The maximum atomic E-state index is 6.21. The van der Waals surface area contributed by atoms with E-state index in [1.165, 1.54) is 11.3 Å². The second-order valence-corrected chi connectivity index (χ2v) is 6.36. The van der Waals surface area contributed by atoms with Gasteiger partial charge in [-0.05, 0) is 6.42 Å². The van der Waals surface area contributed by atoms with E-state index < -0.39 is 0 Å². The minimum absolute atomic E-state index is 0.618. The van der Waals surface area contributed by atoms with E-state index in [0.29, 0.717) is 10.0 Å². The van der Waals surface area contributed by atoms with Crippen LogP contribution >= 0.6 is 23.2 Å². The molecule has 0 aliphatic carbocycles. The first-order valence-electron chi connectivity index (χ1n) is 7.51. The van der Waals surface area contributed by atoms with Gasteiger partial charge in [0, 0.05) is 67.9 Å². The molecule has 22 heavy (non-hydrogen) atoms. The summed E-state index contributed by atoms with van der Waals surface area (Å²) in [6.45, 7) is 4.64. The molecule has 0 bridgehead atoms. The van der Waals surface area contributed by atoms with Crippen LogP contribution in [0.5, 0.6) is 0 Å². The van der Waals surface area contributed by atoms with E-state index in [9.17, 15) is 0 Å². The predicted molar refractivity (Wildman–Crippen MR) is 88.1 cm³/mol. The molecule has 0 aromatic carbocycles. The Balaban J connectivity index is 1.74. The first kappa shape index (κ1) is 15.7. The highest BCUT2D eigenvalue weighted by Crippen LogP contribution is 2.26. The standard InChI is InChI=1S/C16H18Cl2N4/c1-2-3-16-20-6-11-9-22(5-4-15(11)21-16)10-12-13(17)7-19-8-14(12)18/h6-8H,2-5,9-10H2,1H3. The van der Waals surface area contributed by atoms with Crippen LogP contribution < -0.4 is 0 Å². The molecule has 0 saturated heterocycles. The van der Waals surface area contributed by atoms with E-state index in [1.54, 1.807) is 12.4 Å². The zero-order chi connectivity index (χ0) is 15.5. The number of fused-ring (bicyclic) bond motifs is 1. The van der Waals surface area contributed by atoms with E-state index in [0.717, 1.165) is 50.3 Å². The molecule has 4 nitrogen and oxygen atoms in total. The highest BCUT2D eigenvalue weighted by Gasteiger charge is 2.20. The maximum Gasteiger partial charge on any atom is 0.128 e. The van der Waals surface area contributed by atoms with Crippen molar-refractivity contribution in [3.63, 3.8) is 0 Å². The molecule has 0 saturated carbocycles. The monoisotopic (exact) mass is 336 g/mol. The average Bonchev–Trinajstić information content (AvgIpc) is 2.51. The molecule has 1 aliphatic rings. The normalized spacial score (nSPS) is 14.9. The number of halogens is 2. The summed E-state index contributed by atoms with van der Waals surface area (Å²) in [7, 11) is 0. The van der Waals surface area contributed by atoms with Gasteiger partial charge in [0.05, 0.1) is 10.0 Å². The Morgan fingerprint density at radius 2 is 1.95 bits per heavy atom. The molecule has 2 aromatic rings. The minimum Gasteiger partial charge on any atom is -0.294 e. The van der Waals surface area contributed by atoms with Crippen LogP contribution in [0.3, 0.4) is 0 Å². The Hall–Kier alpha value is -1.23. The van der Waals surface area contributed by atoms with Gasteiger partial charge in [0.2, 0.25) is 0 Å². The fourth-order valence-corrected chi connectivity index (χ4v) is 3.19. The number of hydrogen-bond donors (Lipinski definition) is 0. The van der Waals surface area contributed by atoms with Crippen molar-refractivity contribution in [2.24, 2.45) is 0 Å². The molecule has 0 radical (unpaired) electrons. The summed E-state index contributed by atoms with van der Waals surface area (Å²) in [5.74, 6) is 0.954. The Morgan fingerprint density at radius 1 is 1.18 bits per heavy atom. The molecular formula is C16H18Cl2N4. The predicted octanol–water partition coefficient (Wildman–Crippen LogP) is 3.69. The zero-order valence-corrected chi connectivity index (χ0v) is 14.0. The van der Waals surface area contributed by atoms with Gasteiger partial charge in [0.15, 0.2) is 0 Å². The quantitative estimate of drug-likeness (QED) is 0.853. The molecule has 6 heteroatoms. The highest BCUT2D eigenvalue weighted by molar-refractivity contribution is 6.35. The summed E-state index contributed by atoms with van der Waals surface area (Å²) in [5, 5.41) is 1.24. The third-order valence-electron chi connectivity index (χ3n) is 3.87. The van der Waals surface area contributed by atoms with Crippen molar-refractivity contribution in [1.29, 1.82) is 0 Å². The summed E-state index contributed by atoms with van der Waals surface area (Å²) in [6.07, 6.45) is 8.20. The van der Waals surface area contributed by atoms with Crippen molar-refractivity contribution in [3.8, 4) is 0 Å². The van der Waals surface area contributed by atoms with Gasteiger partial charge < -0.3 is 0 Å². The van der Waals surface area contributed by atoms with E-state index in [1.807, 2.05) is 6.20 Å². The van der Waals surface area contributed by atoms with E-state index >= 15 is 0 Å². The van der Waals surface area contributed by atoms with Crippen LogP contribution in [-0.4, -0.2) is 26.4 Å². The van der Waals surface area contributed by atoms with Crippen molar-refractivity contribution < 1.29 is 0 Å². The molecule has 3 heterocycles. The smallest absolute Gasteiger partial charge is 0.128 e. The molecule has 0 amide bonds. The lowest BCUT2D eigenvalue weighted by Gasteiger charge is -2.28. The molecular weight excluding hydrogens is 319 g/mol. The van der Waals surface area contributed by atoms with Crippen LogP contribution in [0.25, 0.3) is 0 Å². The Bertz CT molecular complexity index is 655. The van der Waals surface area contributed by atoms with Gasteiger partial charge in [-0.2, -0.15) is 0 Å². The van der Waals surface area contributed by atoms with E-state index in [4.69, 9.17) is 23.2 Å². The van der Waals surface area contributed by atoms with Crippen LogP contribution in [0.4, 0.5) is 0 Å². The maximum absolute atomic E-state index is 6.21. The molecule has 0 N–H and O–H groups in total. The first-order chi connectivity index (χ1) is 10.7. The van der Waals surface area contributed by atoms with Crippen molar-refractivity contribution in [1.82, 2.24) is 19.9 Å². The second-order valence-electron chi connectivity index (χ2n) is 5.55. The van der Waals surface area contributed by atoms with Gasteiger partial charge >= 0.3 is 0 Å². The fourth-order valence-electron chi connectivity index (χ4n) is 2.71. The summed E-state index contributed by atoms with van der Waals surface area (Å²) in [4.78, 5) is 15.5. The molecule has 116 valence electrons. The highest BCUT2D eigenvalue weighted by atomic mass is 35.5.